The molecule has 0 aliphatic heterocycles. The third-order valence-corrected chi connectivity index (χ3v) is 1.72. The summed E-state index contributed by atoms with van der Waals surface area (Å²) >= 11 is 0. The van der Waals surface area contributed by atoms with Gasteiger partial charge in [-0.1, -0.05) is 0 Å². The van der Waals surface area contributed by atoms with Crippen molar-refractivity contribution in [1.29, 1.82) is 0 Å². The summed E-state index contributed by atoms with van der Waals surface area (Å²) in [5.41, 5.74) is -0.759. The minimum Gasteiger partial charge on any atom is -0.380 e. The monoisotopic (exact) mass is 243 g/mol. The van der Waals surface area contributed by atoms with E-state index in [-0.39, 0.29) is 0 Å². The lowest BCUT2D eigenvalue weighted by molar-refractivity contribution is -0.131. The van der Waals surface area contributed by atoms with Gasteiger partial charge in [-0.15, -0.1) is 0 Å². The van der Waals surface area contributed by atoms with Gasteiger partial charge in [-0.2, -0.15) is 13.2 Å². The summed E-state index contributed by atoms with van der Waals surface area (Å²) in [6.45, 7) is -0.678. The largest absolute Gasteiger partial charge is 0.390 e. The average Bonchev–Trinajstić information content (AvgIpc) is 2.07. The number of anilines is 1. The Hall–Kier alpha value is -1.40. The molecule has 1 nitrogen and oxygen atoms in total. The van der Waals surface area contributed by atoms with E-state index in [0.717, 1.165) is 0 Å². The molecule has 0 bridgehead atoms. The summed E-state index contributed by atoms with van der Waals surface area (Å²) < 4.78 is 73.5. The molecule has 1 aromatic rings. The zero-order valence-corrected chi connectivity index (χ0v) is 7.84. The maximum Gasteiger partial charge on any atom is 0.390 e. The van der Waals surface area contributed by atoms with Crippen molar-refractivity contribution < 1.29 is 26.3 Å². The van der Waals surface area contributed by atoms with Crippen molar-refractivity contribution in [2.45, 2.75) is 12.6 Å². The lowest BCUT2D eigenvalue weighted by Gasteiger charge is -2.10. The Balaban J connectivity index is 2.68. The first-order valence-electron chi connectivity index (χ1n) is 4.25. The molecule has 0 saturated heterocycles. The number of alkyl halides is 3. The predicted octanol–water partition coefficient (Wildman–Crippen LogP) is 3.47. The molecule has 0 atom stereocenters. The Morgan fingerprint density at radius 1 is 1.00 bits per heavy atom. The van der Waals surface area contributed by atoms with Gasteiger partial charge in [0, 0.05) is 18.7 Å². The molecule has 0 radical (unpaired) electrons. The summed E-state index contributed by atoms with van der Waals surface area (Å²) in [4.78, 5) is 0. The van der Waals surface area contributed by atoms with Crippen LogP contribution in [0.15, 0.2) is 12.1 Å². The van der Waals surface area contributed by atoms with Gasteiger partial charge in [0.2, 0.25) is 0 Å². The zero-order chi connectivity index (χ0) is 12.3. The number of nitrogens with one attached hydrogen (secondary N) is 1. The van der Waals surface area contributed by atoms with E-state index in [0.29, 0.717) is 12.1 Å². The van der Waals surface area contributed by atoms with E-state index in [1.807, 2.05) is 5.32 Å². The van der Waals surface area contributed by atoms with E-state index in [1.165, 1.54) is 0 Å². The smallest absolute Gasteiger partial charge is 0.380 e. The Kier molecular flexibility index (Phi) is 3.66. The first-order valence-corrected chi connectivity index (χ1v) is 4.25. The average molecular weight is 243 g/mol. The van der Waals surface area contributed by atoms with E-state index in [1.54, 1.807) is 0 Å². The fourth-order valence-corrected chi connectivity index (χ4v) is 1.04. The number of benzene rings is 1. The van der Waals surface area contributed by atoms with Crippen molar-refractivity contribution in [2.24, 2.45) is 0 Å². The second-order valence-corrected chi connectivity index (χ2v) is 3.04. The van der Waals surface area contributed by atoms with Gasteiger partial charge in [-0.05, 0) is 0 Å². The summed E-state index contributed by atoms with van der Waals surface area (Å²) in [6, 6.07) is 0.776. The quantitative estimate of drug-likeness (QED) is 0.801. The van der Waals surface area contributed by atoms with Gasteiger partial charge < -0.3 is 5.32 Å². The minimum absolute atomic E-state index is 0.388. The molecule has 1 N–H and O–H groups in total. The molecule has 0 aromatic heterocycles. The molecule has 0 aliphatic carbocycles. The summed E-state index contributed by atoms with van der Waals surface area (Å²) in [6.07, 6.45) is -5.65. The van der Waals surface area contributed by atoms with Crippen molar-refractivity contribution in [3.63, 3.8) is 0 Å². The SMILES string of the molecule is Fc1cc(F)c(NCCC(F)(F)F)c(F)c1. The highest BCUT2D eigenvalue weighted by atomic mass is 19.4. The van der Waals surface area contributed by atoms with E-state index in [2.05, 4.69) is 0 Å². The van der Waals surface area contributed by atoms with Gasteiger partial charge in [-0.25, -0.2) is 13.2 Å². The highest BCUT2D eigenvalue weighted by molar-refractivity contribution is 5.46. The molecule has 0 heterocycles. The molecular formula is C9H7F6N. The van der Waals surface area contributed by atoms with Crippen LogP contribution in [-0.2, 0) is 0 Å². The second kappa shape index (κ2) is 4.63. The number of rotatable bonds is 3. The lowest BCUT2D eigenvalue weighted by Crippen LogP contribution is -2.15. The molecule has 0 amide bonds. The van der Waals surface area contributed by atoms with Crippen molar-refractivity contribution in [2.75, 3.05) is 11.9 Å². The van der Waals surface area contributed by atoms with Crippen LogP contribution < -0.4 is 5.32 Å². The molecule has 0 unspecified atom stereocenters. The standard InChI is InChI=1S/C9H7F6N/c10-5-3-6(11)8(7(12)4-5)16-2-1-9(13,14)15/h3-4,16H,1-2H2. The molecule has 90 valence electrons. The highest BCUT2D eigenvalue weighted by Gasteiger charge is 2.26. The molecule has 1 aromatic carbocycles. The van der Waals surface area contributed by atoms with Crippen LogP contribution in [0, 0.1) is 17.5 Å². The van der Waals surface area contributed by atoms with Crippen LogP contribution >= 0.6 is 0 Å². The molecule has 16 heavy (non-hydrogen) atoms. The molecule has 0 aliphatic rings. The fourth-order valence-electron chi connectivity index (χ4n) is 1.04. The molecule has 0 spiro atoms. The highest BCUT2D eigenvalue weighted by Crippen LogP contribution is 2.22. The fraction of sp³-hybridized carbons (Fsp3) is 0.333. The number of halogens is 6. The van der Waals surface area contributed by atoms with Gasteiger partial charge in [0.15, 0.2) is 11.6 Å². The van der Waals surface area contributed by atoms with Crippen LogP contribution in [0.4, 0.5) is 32.0 Å². The molecule has 0 fully saturated rings. The summed E-state index contributed by atoms with van der Waals surface area (Å²) in [7, 11) is 0. The van der Waals surface area contributed by atoms with Crippen LogP contribution in [0.1, 0.15) is 6.42 Å². The normalized spacial score (nSPS) is 11.6. The summed E-state index contributed by atoms with van der Waals surface area (Å²) in [5, 5.41) is 1.93. The van der Waals surface area contributed by atoms with Gasteiger partial charge in [-0.3, -0.25) is 0 Å². The topological polar surface area (TPSA) is 12.0 Å². The van der Waals surface area contributed by atoms with E-state index >= 15 is 0 Å². The zero-order valence-electron chi connectivity index (χ0n) is 7.84. The van der Waals surface area contributed by atoms with Crippen molar-refractivity contribution >= 4 is 5.69 Å². The Labute approximate surface area is 87.1 Å². The first-order chi connectivity index (χ1) is 7.29. The van der Waals surface area contributed by atoms with Crippen LogP contribution in [0.2, 0.25) is 0 Å². The number of hydrogen-bond donors (Lipinski definition) is 1. The van der Waals surface area contributed by atoms with Crippen molar-refractivity contribution in [3.8, 4) is 0 Å². The van der Waals surface area contributed by atoms with Crippen LogP contribution in [0.3, 0.4) is 0 Å². The minimum atomic E-state index is -4.42. The van der Waals surface area contributed by atoms with E-state index < -0.39 is 42.3 Å². The second-order valence-electron chi connectivity index (χ2n) is 3.04. The van der Waals surface area contributed by atoms with Crippen molar-refractivity contribution in [3.05, 3.63) is 29.6 Å². The van der Waals surface area contributed by atoms with Crippen LogP contribution in [0.5, 0.6) is 0 Å². The molecule has 7 heteroatoms. The van der Waals surface area contributed by atoms with Gasteiger partial charge in [0.1, 0.15) is 11.5 Å². The maximum atomic E-state index is 12.9. The van der Waals surface area contributed by atoms with Crippen LogP contribution in [0.25, 0.3) is 0 Å². The van der Waals surface area contributed by atoms with E-state index in [4.69, 9.17) is 0 Å². The lowest BCUT2D eigenvalue weighted by atomic mass is 10.2. The summed E-state index contributed by atoms with van der Waals surface area (Å²) in [5.74, 6) is -3.66. The Morgan fingerprint density at radius 2 is 1.50 bits per heavy atom. The Bertz CT molecular complexity index is 350. The number of hydrogen-bond acceptors (Lipinski definition) is 1. The Morgan fingerprint density at radius 3 is 1.94 bits per heavy atom. The molecular weight excluding hydrogens is 236 g/mol. The predicted molar refractivity (Wildman–Crippen MR) is 45.5 cm³/mol. The van der Waals surface area contributed by atoms with Gasteiger partial charge >= 0.3 is 6.18 Å². The van der Waals surface area contributed by atoms with E-state index in [9.17, 15) is 26.3 Å². The van der Waals surface area contributed by atoms with Gasteiger partial charge in [0.25, 0.3) is 0 Å². The van der Waals surface area contributed by atoms with Crippen molar-refractivity contribution in [1.82, 2.24) is 0 Å². The molecule has 1 rings (SSSR count). The third-order valence-electron chi connectivity index (χ3n) is 1.72. The third kappa shape index (κ3) is 3.63. The van der Waals surface area contributed by atoms with Gasteiger partial charge in [0.05, 0.1) is 6.42 Å². The first kappa shape index (κ1) is 12.7. The van der Waals surface area contributed by atoms with Crippen LogP contribution in [-0.4, -0.2) is 12.7 Å². The maximum absolute atomic E-state index is 12.9. The molecule has 0 saturated carbocycles.